The molecule has 0 amide bonds. The number of allylic oxidation sites excluding steroid dienone is 3. The third-order valence-corrected chi connectivity index (χ3v) is 9.40. The zero-order chi connectivity index (χ0) is 19.2. The maximum absolute atomic E-state index is 11.5. The summed E-state index contributed by atoms with van der Waals surface area (Å²) in [7, 11) is 1.49. The van der Waals surface area contributed by atoms with Crippen LogP contribution in [0.25, 0.3) is 0 Å². The first-order valence-corrected chi connectivity index (χ1v) is 11.4. The van der Waals surface area contributed by atoms with Crippen LogP contribution in [0.2, 0.25) is 0 Å². The highest BCUT2D eigenvalue weighted by Gasteiger charge is 2.57. The van der Waals surface area contributed by atoms with Gasteiger partial charge in [-0.15, -0.1) is 0 Å². The van der Waals surface area contributed by atoms with Gasteiger partial charge in [-0.2, -0.15) is 0 Å². The van der Waals surface area contributed by atoms with Crippen LogP contribution in [-0.2, 0) is 9.53 Å². The van der Waals surface area contributed by atoms with Gasteiger partial charge in [-0.3, -0.25) is 4.79 Å². The molecule has 0 spiro atoms. The summed E-state index contributed by atoms with van der Waals surface area (Å²) in [4.78, 5) is 11.5. The summed E-state index contributed by atoms with van der Waals surface area (Å²) in [6.07, 6.45) is 16.4. The van der Waals surface area contributed by atoms with Crippen molar-refractivity contribution in [3.05, 3.63) is 23.8 Å². The highest BCUT2D eigenvalue weighted by Crippen LogP contribution is 2.67. The number of carbonyl (C=O) groups is 1. The second-order valence-electron chi connectivity index (χ2n) is 10.3. The van der Waals surface area contributed by atoms with Gasteiger partial charge < -0.3 is 4.74 Å². The van der Waals surface area contributed by atoms with Gasteiger partial charge in [0.05, 0.1) is 7.11 Å². The largest absolute Gasteiger partial charge is 0.469 e. The van der Waals surface area contributed by atoms with Gasteiger partial charge in [-0.25, -0.2) is 0 Å². The highest BCUT2D eigenvalue weighted by molar-refractivity contribution is 5.69. The summed E-state index contributed by atoms with van der Waals surface area (Å²) in [5.74, 6) is 3.07. The van der Waals surface area contributed by atoms with Crippen LogP contribution in [0, 0.1) is 34.5 Å². The van der Waals surface area contributed by atoms with Crippen LogP contribution < -0.4 is 0 Å². The van der Waals surface area contributed by atoms with Crippen LogP contribution >= 0.6 is 0 Å². The topological polar surface area (TPSA) is 26.3 Å². The molecule has 0 bridgehead atoms. The number of rotatable bonds is 4. The Bertz CT molecular complexity index is 647. The molecule has 0 aromatic carbocycles. The number of hydrogen-bond acceptors (Lipinski definition) is 2. The molecule has 4 aliphatic rings. The van der Waals surface area contributed by atoms with E-state index < -0.39 is 0 Å². The molecule has 0 heterocycles. The molecular weight excluding hydrogens is 332 g/mol. The molecule has 6 unspecified atom stereocenters. The molecule has 2 heteroatoms. The minimum Gasteiger partial charge on any atom is -0.469 e. The van der Waals surface area contributed by atoms with Gasteiger partial charge in [0.2, 0.25) is 0 Å². The second-order valence-corrected chi connectivity index (χ2v) is 10.3. The van der Waals surface area contributed by atoms with Crippen LogP contribution in [0.15, 0.2) is 23.8 Å². The quantitative estimate of drug-likeness (QED) is 0.530. The van der Waals surface area contributed by atoms with E-state index in [2.05, 4.69) is 26.5 Å². The Labute approximate surface area is 165 Å². The van der Waals surface area contributed by atoms with Crippen molar-refractivity contribution in [1.29, 1.82) is 0 Å². The normalized spacial score (nSPS) is 43.4. The molecule has 27 heavy (non-hydrogen) atoms. The zero-order valence-electron chi connectivity index (χ0n) is 17.7. The van der Waals surface area contributed by atoms with Gasteiger partial charge in [0.25, 0.3) is 0 Å². The van der Waals surface area contributed by atoms with Gasteiger partial charge >= 0.3 is 5.97 Å². The Balaban J connectivity index is 1.57. The third kappa shape index (κ3) is 2.93. The molecule has 0 N–H and O–H groups in total. The molecule has 0 saturated heterocycles. The second kappa shape index (κ2) is 7.08. The molecule has 6 atom stereocenters. The minimum absolute atomic E-state index is 0.0668. The SMILES string of the molecule is C=C1C=C2C(CCC3CCCCC23C)C2CCC(CCCC(=O)OC)C12C. The van der Waals surface area contributed by atoms with Crippen molar-refractivity contribution in [2.45, 2.75) is 84.5 Å². The fourth-order valence-corrected chi connectivity index (χ4v) is 7.68. The first kappa shape index (κ1) is 19.3. The Morgan fingerprint density at radius 3 is 2.78 bits per heavy atom. The molecule has 0 aromatic rings. The van der Waals surface area contributed by atoms with Crippen LogP contribution in [0.5, 0.6) is 0 Å². The number of methoxy groups -OCH3 is 1. The molecule has 150 valence electrons. The summed E-state index contributed by atoms with van der Waals surface area (Å²) in [6.45, 7) is 9.71. The van der Waals surface area contributed by atoms with Crippen LogP contribution in [0.1, 0.15) is 84.5 Å². The zero-order valence-corrected chi connectivity index (χ0v) is 17.7. The maximum Gasteiger partial charge on any atom is 0.305 e. The van der Waals surface area contributed by atoms with Gasteiger partial charge in [0.1, 0.15) is 0 Å². The van der Waals surface area contributed by atoms with Crippen molar-refractivity contribution in [1.82, 2.24) is 0 Å². The van der Waals surface area contributed by atoms with E-state index in [0.717, 1.165) is 30.6 Å². The Morgan fingerprint density at radius 1 is 1.19 bits per heavy atom. The van der Waals surface area contributed by atoms with Gasteiger partial charge in [-0.05, 0) is 91.4 Å². The van der Waals surface area contributed by atoms with E-state index in [0.29, 0.717) is 17.8 Å². The van der Waals surface area contributed by atoms with Crippen molar-refractivity contribution in [2.75, 3.05) is 7.11 Å². The van der Waals surface area contributed by atoms with E-state index in [1.165, 1.54) is 64.0 Å². The predicted molar refractivity (Wildman–Crippen MR) is 110 cm³/mol. The summed E-state index contributed by atoms with van der Waals surface area (Å²) >= 11 is 0. The van der Waals surface area contributed by atoms with Gasteiger partial charge in [0, 0.05) is 6.42 Å². The molecular formula is C25H38O2. The number of esters is 1. The Kier molecular flexibility index (Phi) is 5.06. The number of ether oxygens (including phenoxy) is 1. The highest BCUT2D eigenvalue weighted by atomic mass is 16.5. The Morgan fingerprint density at radius 2 is 2.00 bits per heavy atom. The summed E-state index contributed by atoms with van der Waals surface area (Å²) < 4.78 is 4.83. The monoisotopic (exact) mass is 370 g/mol. The maximum atomic E-state index is 11.5. The minimum atomic E-state index is -0.0668. The molecule has 3 saturated carbocycles. The summed E-state index contributed by atoms with van der Waals surface area (Å²) in [5.41, 5.74) is 3.85. The van der Waals surface area contributed by atoms with E-state index in [1.54, 1.807) is 5.57 Å². The standard InChI is InChI=1S/C25H38O2/c1-17-16-22-20(13-11-18-8-5-6-15-24(18,22)2)21-14-12-19(25(17,21)3)9-7-10-23(26)27-4/h16,18-21H,1,5-15H2,2-4H3. The average Bonchev–Trinajstić information content (AvgIpc) is 3.00. The number of carbonyl (C=O) groups excluding carboxylic acids is 1. The van der Waals surface area contributed by atoms with Crippen molar-refractivity contribution in [2.24, 2.45) is 34.5 Å². The lowest BCUT2D eigenvalue weighted by Crippen LogP contribution is -2.47. The molecule has 0 aromatic heterocycles. The molecule has 2 nitrogen and oxygen atoms in total. The lowest BCUT2D eigenvalue weighted by atomic mass is 9.48. The lowest BCUT2D eigenvalue weighted by Gasteiger charge is -2.56. The first-order chi connectivity index (χ1) is 12.9. The van der Waals surface area contributed by atoms with Crippen molar-refractivity contribution >= 4 is 5.97 Å². The first-order valence-electron chi connectivity index (χ1n) is 11.4. The van der Waals surface area contributed by atoms with Crippen molar-refractivity contribution in [3.63, 3.8) is 0 Å². The lowest BCUT2D eigenvalue weighted by molar-refractivity contribution is -0.140. The average molecular weight is 371 g/mol. The van der Waals surface area contributed by atoms with Crippen molar-refractivity contribution < 1.29 is 9.53 Å². The van der Waals surface area contributed by atoms with Crippen molar-refractivity contribution in [3.8, 4) is 0 Å². The summed E-state index contributed by atoms with van der Waals surface area (Å²) in [5, 5.41) is 0. The summed E-state index contributed by atoms with van der Waals surface area (Å²) in [6, 6.07) is 0. The molecule has 0 aliphatic heterocycles. The third-order valence-electron chi connectivity index (χ3n) is 9.40. The fraction of sp³-hybridized carbons (Fsp3) is 0.800. The smallest absolute Gasteiger partial charge is 0.305 e. The Hall–Kier alpha value is -1.05. The number of hydrogen-bond donors (Lipinski definition) is 0. The van der Waals surface area contributed by atoms with Crippen LogP contribution in [0.3, 0.4) is 0 Å². The molecule has 4 aliphatic carbocycles. The molecule has 4 rings (SSSR count). The van der Waals surface area contributed by atoms with Gasteiger partial charge in [0.15, 0.2) is 0 Å². The molecule has 3 fully saturated rings. The van der Waals surface area contributed by atoms with E-state index in [9.17, 15) is 4.79 Å². The van der Waals surface area contributed by atoms with E-state index >= 15 is 0 Å². The van der Waals surface area contributed by atoms with Crippen LogP contribution in [0.4, 0.5) is 0 Å². The van der Waals surface area contributed by atoms with Crippen LogP contribution in [-0.4, -0.2) is 13.1 Å². The number of fused-ring (bicyclic) bond motifs is 5. The van der Waals surface area contributed by atoms with Gasteiger partial charge in [-0.1, -0.05) is 44.9 Å². The fourth-order valence-electron chi connectivity index (χ4n) is 7.68. The van der Waals surface area contributed by atoms with E-state index in [4.69, 9.17) is 4.74 Å². The molecule has 0 radical (unpaired) electrons. The van der Waals surface area contributed by atoms with E-state index in [-0.39, 0.29) is 11.4 Å². The van der Waals surface area contributed by atoms with E-state index in [1.807, 2.05) is 0 Å². The predicted octanol–water partition coefficient (Wildman–Crippen LogP) is 6.46.